The van der Waals surface area contributed by atoms with Crippen LogP contribution in [0.15, 0.2) is 0 Å². The minimum atomic E-state index is -0.429. The lowest BCUT2D eigenvalue weighted by Gasteiger charge is -2.45. The molecule has 3 aliphatic rings. The molecule has 0 amide bonds. The molecule has 1 heterocycles. The first-order chi connectivity index (χ1) is 11.6. The molecule has 2 aliphatic carbocycles. The normalized spacial score (nSPS) is 43.0. The summed E-state index contributed by atoms with van der Waals surface area (Å²) in [7, 11) is 0. The van der Waals surface area contributed by atoms with E-state index in [0.717, 1.165) is 32.1 Å². The zero-order valence-corrected chi connectivity index (χ0v) is 16.6. The molecule has 0 aromatic rings. The highest BCUT2D eigenvalue weighted by molar-refractivity contribution is 5.76. The van der Waals surface area contributed by atoms with Crippen LogP contribution in [0.3, 0.4) is 0 Å². The number of cyclic esters (lactones) is 1. The summed E-state index contributed by atoms with van der Waals surface area (Å²) in [5, 5.41) is 10.4. The number of aliphatic hydroxyl groups excluding tert-OH is 1. The molecule has 0 radical (unpaired) electrons. The summed E-state index contributed by atoms with van der Waals surface area (Å²) in [6.45, 7) is 10.8. The lowest BCUT2D eigenvalue weighted by molar-refractivity contribution is -0.154. The van der Waals surface area contributed by atoms with Crippen LogP contribution in [0.5, 0.6) is 0 Å². The number of fused-ring (bicyclic) bond motifs is 1. The molecule has 3 rings (SSSR count). The van der Waals surface area contributed by atoms with Crippen LogP contribution in [0, 0.1) is 28.6 Å². The van der Waals surface area contributed by atoms with Crippen molar-refractivity contribution in [3.8, 4) is 0 Å². The fraction of sp³-hybridized carbons (Fsp3) is 0.952. The molecule has 3 fully saturated rings. The second-order valence-electron chi connectivity index (χ2n) is 10.1. The maximum absolute atomic E-state index is 12.1. The number of ether oxygens (including phenoxy) is 2. The first kappa shape index (κ1) is 19.2. The highest BCUT2D eigenvalue weighted by Crippen LogP contribution is 2.58. The number of esters is 1. The molecule has 0 unspecified atom stereocenters. The van der Waals surface area contributed by atoms with Crippen molar-refractivity contribution in [1.29, 1.82) is 0 Å². The lowest BCUT2D eigenvalue weighted by Crippen LogP contribution is -2.41. The zero-order chi connectivity index (χ0) is 18.4. The Hall–Kier alpha value is -0.610. The lowest BCUT2D eigenvalue weighted by atomic mass is 9.61. The Morgan fingerprint density at radius 2 is 2.00 bits per heavy atom. The van der Waals surface area contributed by atoms with E-state index in [4.69, 9.17) is 9.47 Å². The third kappa shape index (κ3) is 3.62. The van der Waals surface area contributed by atoms with Crippen molar-refractivity contribution in [1.82, 2.24) is 0 Å². The molecule has 1 N–H and O–H groups in total. The molecule has 7 atom stereocenters. The minimum absolute atomic E-state index is 0.114. The topological polar surface area (TPSA) is 55.8 Å². The third-order valence-electron chi connectivity index (χ3n) is 7.21. The molecule has 1 saturated heterocycles. The predicted octanol–water partition coefficient (Wildman–Crippen LogP) is 4.29. The molecule has 144 valence electrons. The van der Waals surface area contributed by atoms with Gasteiger partial charge in [0.05, 0.1) is 6.10 Å². The highest BCUT2D eigenvalue weighted by Gasteiger charge is 2.52. The van der Waals surface area contributed by atoms with Crippen LogP contribution in [-0.2, 0) is 14.3 Å². The van der Waals surface area contributed by atoms with Crippen LogP contribution in [0.1, 0.15) is 79.6 Å². The summed E-state index contributed by atoms with van der Waals surface area (Å²) in [5.41, 5.74) is 0.0858. The summed E-state index contributed by atoms with van der Waals surface area (Å²) in [4.78, 5) is 12.1. The average Bonchev–Trinajstić information content (AvgIpc) is 3.05. The Morgan fingerprint density at radius 3 is 2.64 bits per heavy atom. The Bertz CT molecular complexity index is 497. The van der Waals surface area contributed by atoms with Gasteiger partial charge in [0.2, 0.25) is 6.29 Å². The number of rotatable bonds is 4. The van der Waals surface area contributed by atoms with Crippen LogP contribution in [0.2, 0.25) is 0 Å². The number of carbonyl (C=O) groups excluding carboxylic acids is 1. The van der Waals surface area contributed by atoms with E-state index in [2.05, 4.69) is 13.8 Å². The van der Waals surface area contributed by atoms with Crippen LogP contribution >= 0.6 is 0 Å². The van der Waals surface area contributed by atoms with E-state index in [9.17, 15) is 9.90 Å². The van der Waals surface area contributed by atoms with Gasteiger partial charge < -0.3 is 14.6 Å². The van der Waals surface area contributed by atoms with Gasteiger partial charge in [0.15, 0.2) is 6.10 Å². The second kappa shape index (κ2) is 6.84. The smallest absolute Gasteiger partial charge is 0.337 e. The van der Waals surface area contributed by atoms with Crippen molar-refractivity contribution in [2.24, 2.45) is 28.6 Å². The van der Waals surface area contributed by atoms with Crippen molar-refractivity contribution in [3.05, 3.63) is 0 Å². The van der Waals surface area contributed by atoms with E-state index in [-0.39, 0.29) is 22.9 Å². The fourth-order valence-corrected chi connectivity index (χ4v) is 5.72. The quantitative estimate of drug-likeness (QED) is 0.767. The van der Waals surface area contributed by atoms with Gasteiger partial charge in [0.25, 0.3) is 0 Å². The highest BCUT2D eigenvalue weighted by atomic mass is 16.8. The molecule has 0 bridgehead atoms. The van der Waals surface area contributed by atoms with Gasteiger partial charge in [-0.25, -0.2) is 4.79 Å². The summed E-state index contributed by atoms with van der Waals surface area (Å²) >= 11 is 0. The van der Waals surface area contributed by atoms with Crippen LogP contribution in [-0.4, -0.2) is 29.6 Å². The maximum atomic E-state index is 12.1. The van der Waals surface area contributed by atoms with E-state index in [1.54, 1.807) is 0 Å². The zero-order valence-electron chi connectivity index (χ0n) is 16.6. The number of aliphatic hydroxyl groups is 1. The molecular formula is C21H36O4. The monoisotopic (exact) mass is 352 g/mol. The molecule has 2 saturated carbocycles. The van der Waals surface area contributed by atoms with E-state index >= 15 is 0 Å². The molecule has 0 spiro atoms. The second-order valence-corrected chi connectivity index (χ2v) is 10.1. The molecule has 25 heavy (non-hydrogen) atoms. The van der Waals surface area contributed by atoms with Gasteiger partial charge in [-0.15, -0.1) is 0 Å². The summed E-state index contributed by atoms with van der Waals surface area (Å²) in [6.07, 6.45) is 6.48. The van der Waals surface area contributed by atoms with E-state index in [1.807, 2.05) is 20.8 Å². The molecular weight excluding hydrogens is 316 g/mol. The Morgan fingerprint density at radius 1 is 1.28 bits per heavy atom. The first-order valence-corrected chi connectivity index (χ1v) is 10.2. The van der Waals surface area contributed by atoms with Crippen LogP contribution < -0.4 is 0 Å². The molecule has 0 aromatic carbocycles. The molecule has 4 heteroatoms. The van der Waals surface area contributed by atoms with E-state index < -0.39 is 12.4 Å². The van der Waals surface area contributed by atoms with Crippen molar-refractivity contribution < 1.29 is 19.4 Å². The van der Waals surface area contributed by atoms with Crippen LogP contribution in [0.4, 0.5) is 0 Å². The maximum Gasteiger partial charge on any atom is 0.337 e. The van der Waals surface area contributed by atoms with Crippen molar-refractivity contribution in [3.63, 3.8) is 0 Å². The first-order valence-electron chi connectivity index (χ1n) is 10.2. The van der Waals surface area contributed by atoms with Gasteiger partial charge in [0.1, 0.15) is 0 Å². The number of hydrogen-bond donors (Lipinski definition) is 1. The van der Waals surface area contributed by atoms with Gasteiger partial charge in [-0.3, -0.25) is 0 Å². The summed E-state index contributed by atoms with van der Waals surface area (Å²) in [5.74, 6) is 1.45. The molecule has 1 aliphatic heterocycles. The number of carbonyl (C=O) groups is 1. The van der Waals surface area contributed by atoms with Gasteiger partial charge in [-0.05, 0) is 61.7 Å². The van der Waals surface area contributed by atoms with Gasteiger partial charge in [-0.1, -0.05) is 41.0 Å². The predicted molar refractivity (Wildman–Crippen MR) is 96.8 cm³/mol. The number of hydrogen-bond acceptors (Lipinski definition) is 4. The van der Waals surface area contributed by atoms with E-state index in [0.29, 0.717) is 17.8 Å². The van der Waals surface area contributed by atoms with Crippen molar-refractivity contribution >= 4 is 5.97 Å². The Kier molecular flexibility index (Phi) is 5.25. The minimum Gasteiger partial charge on any atom is -0.433 e. The third-order valence-corrected chi connectivity index (χ3v) is 7.21. The fourth-order valence-electron chi connectivity index (χ4n) is 5.72. The summed E-state index contributed by atoms with van der Waals surface area (Å²) in [6, 6.07) is 0. The summed E-state index contributed by atoms with van der Waals surface area (Å²) < 4.78 is 11.3. The van der Waals surface area contributed by atoms with Crippen LogP contribution in [0.25, 0.3) is 0 Å². The Balaban J connectivity index is 1.56. The molecule has 4 nitrogen and oxygen atoms in total. The standard InChI is InChI=1S/C21H36O4/c1-13(8-11-17-18(23)25-19(24-17)20(2,3)4)14-9-10-15-16(22)7-6-12-21(14,15)5/h13-17,19,22H,6-12H2,1-5H3/t13-,14-,15+,16+,17+,19+,21-/m1/s1. The van der Waals surface area contributed by atoms with Crippen molar-refractivity contribution in [2.75, 3.05) is 0 Å². The largest absolute Gasteiger partial charge is 0.433 e. The van der Waals surface area contributed by atoms with E-state index in [1.165, 1.54) is 12.8 Å². The van der Waals surface area contributed by atoms with Gasteiger partial charge in [-0.2, -0.15) is 0 Å². The van der Waals surface area contributed by atoms with Crippen molar-refractivity contribution in [2.45, 2.75) is 98.1 Å². The SMILES string of the molecule is C[C@H](CC[C@@H]1O[C@H](C(C)(C)C)OC1=O)[C@H]1CC[C@H]2[C@@H](O)CCC[C@]12C. The van der Waals surface area contributed by atoms with Gasteiger partial charge >= 0.3 is 5.97 Å². The average molecular weight is 353 g/mol. The van der Waals surface area contributed by atoms with Gasteiger partial charge in [0, 0.05) is 5.41 Å². The molecule has 0 aromatic heterocycles. The Labute approximate surface area is 152 Å².